The van der Waals surface area contributed by atoms with Crippen molar-refractivity contribution in [1.29, 1.82) is 0 Å². The van der Waals surface area contributed by atoms with Gasteiger partial charge in [-0.2, -0.15) is 5.10 Å². The molecule has 3 aromatic rings. The van der Waals surface area contributed by atoms with Gasteiger partial charge in [0.15, 0.2) is 11.5 Å². The fourth-order valence-corrected chi connectivity index (χ4v) is 3.81. The molecule has 1 aliphatic heterocycles. The van der Waals surface area contributed by atoms with Crippen LogP contribution < -0.4 is 20.2 Å². The number of aromatic nitrogens is 1. The topological polar surface area (TPSA) is 76.9 Å². The number of fused-ring (bicyclic) bond motifs is 1. The molecule has 7 nitrogen and oxygen atoms in total. The summed E-state index contributed by atoms with van der Waals surface area (Å²) in [5, 5.41) is 7.17. The highest BCUT2D eigenvalue weighted by molar-refractivity contribution is 9.10. The monoisotopic (exact) mass is 482 g/mol. The van der Waals surface area contributed by atoms with E-state index in [2.05, 4.69) is 61.5 Å². The maximum Gasteiger partial charge on any atom is 0.259 e. The Hall–Kier alpha value is -3.26. The largest absolute Gasteiger partial charge is 0.454 e. The maximum atomic E-state index is 12.1. The Balaban J connectivity index is 1.37. The number of nitrogens with one attached hydrogen (secondary N) is 2. The van der Waals surface area contributed by atoms with Crippen molar-refractivity contribution < 1.29 is 14.3 Å². The van der Waals surface area contributed by atoms with Crippen LogP contribution in [0.5, 0.6) is 11.5 Å². The summed E-state index contributed by atoms with van der Waals surface area (Å²) in [7, 11) is 0. The van der Waals surface area contributed by atoms with Crippen LogP contribution in [-0.4, -0.2) is 30.0 Å². The summed E-state index contributed by atoms with van der Waals surface area (Å²) in [4.78, 5) is 12.1. The molecule has 0 saturated heterocycles. The van der Waals surface area contributed by atoms with Crippen molar-refractivity contribution in [3.63, 3.8) is 0 Å². The lowest BCUT2D eigenvalue weighted by Crippen LogP contribution is -2.25. The van der Waals surface area contributed by atoms with E-state index < -0.39 is 0 Å². The van der Waals surface area contributed by atoms with Crippen molar-refractivity contribution in [3.05, 3.63) is 69.5 Å². The number of ether oxygens (including phenoxy) is 2. The molecule has 2 heterocycles. The lowest BCUT2D eigenvalue weighted by molar-refractivity contribution is -0.119. The van der Waals surface area contributed by atoms with E-state index in [9.17, 15) is 4.79 Å². The molecule has 1 aromatic heterocycles. The van der Waals surface area contributed by atoms with Crippen LogP contribution in [0.4, 0.5) is 5.69 Å². The van der Waals surface area contributed by atoms with Gasteiger partial charge in [-0.05, 0) is 56.7 Å². The number of hydrogen-bond acceptors (Lipinski definition) is 5. The molecule has 0 unspecified atom stereocenters. The van der Waals surface area contributed by atoms with Gasteiger partial charge in [0.1, 0.15) is 0 Å². The molecule has 1 aliphatic rings. The summed E-state index contributed by atoms with van der Waals surface area (Å²) >= 11 is 3.60. The number of rotatable bonds is 6. The molecule has 2 aromatic carbocycles. The van der Waals surface area contributed by atoms with Gasteiger partial charge >= 0.3 is 0 Å². The van der Waals surface area contributed by atoms with Crippen molar-refractivity contribution in [3.8, 4) is 17.2 Å². The highest BCUT2D eigenvalue weighted by Crippen LogP contribution is 2.34. The number of anilines is 1. The lowest BCUT2D eigenvalue weighted by Gasteiger charge is -2.11. The highest BCUT2D eigenvalue weighted by atomic mass is 79.9. The molecule has 0 radical (unpaired) electrons. The van der Waals surface area contributed by atoms with Gasteiger partial charge in [0.05, 0.1) is 12.8 Å². The summed E-state index contributed by atoms with van der Waals surface area (Å²) in [6.45, 7) is 6.45. The molecule has 31 heavy (non-hydrogen) atoms. The van der Waals surface area contributed by atoms with E-state index in [-0.39, 0.29) is 19.2 Å². The first-order valence-corrected chi connectivity index (χ1v) is 10.6. The average molecular weight is 483 g/mol. The van der Waals surface area contributed by atoms with E-state index in [1.54, 1.807) is 12.3 Å². The third-order valence-corrected chi connectivity index (χ3v) is 5.96. The van der Waals surface area contributed by atoms with Gasteiger partial charge in [-0.15, -0.1) is 0 Å². The van der Waals surface area contributed by atoms with E-state index in [4.69, 9.17) is 9.47 Å². The predicted octanol–water partition coefficient (Wildman–Crippen LogP) is 4.46. The molecule has 160 valence electrons. The number of halogens is 1. The van der Waals surface area contributed by atoms with Crippen LogP contribution in [0.1, 0.15) is 22.5 Å². The molecular weight excluding hydrogens is 460 g/mol. The van der Waals surface area contributed by atoms with Gasteiger partial charge in [-0.3, -0.25) is 4.79 Å². The number of hydrogen-bond donors (Lipinski definition) is 2. The highest BCUT2D eigenvalue weighted by Gasteiger charge is 2.13. The minimum atomic E-state index is -0.245. The van der Waals surface area contributed by atoms with Crippen LogP contribution in [0.25, 0.3) is 5.69 Å². The average Bonchev–Trinajstić information content (AvgIpc) is 3.32. The fraction of sp³-hybridized carbons (Fsp3) is 0.217. The smallest absolute Gasteiger partial charge is 0.259 e. The first kappa shape index (κ1) is 21.0. The zero-order chi connectivity index (χ0) is 22.0. The first-order chi connectivity index (χ1) is 14.9. The van der Waals surface area contributed by atoms with Crippen LogP contribution in [0.3, 0.4) is 0 Å². The van der Waals surface area contributed by atoms with Crippen LogP contribution in [-0.2, 0) is 4.79 Å². The summed E-state index contributed by atoms with van der Waals surface area (Å²) in [6.07, 6.45) is 1.67. The lowest BCUT2D eigenvalue weighted by atomic mass is 10.2. The Morgan fingerprint density at radius 2 is 1.94 bits per heavy atom. The third-order valence-electron chi connectivity index (χ3n) is 5.10. The van der Waals surface area contributed by atoms with Crippen molar-refractivity contribution in [1.82, 2.24) is 9.99 Å². The Bertz CT molecular complexity index is 1170. The molecule has 1 amide bonds. The second kappa shape index (κ2) is 8.85. The van der Waals surface area contributed by atoms with Crippen molar-refractivity contribution in [2.75, 3.05) is 18.7 Å². The molecule has 0 bridgehead atoms. The summed E-state index contributed by atoms with van der Waals surface area (Å²) < 4.78 is 13.8. The Labute approximate surface area is 189 Å². The van der Waals surface area contributed by atoms with Crippen molar-refractivity contribution >= 4 is 33.7 Å². The van der Waals surface area contributed by atoms with Gasteiger partial charge in [-0.25, -0.2) is 5.43 Å². The van der Waals surface area contributed by atoms with Gasteiger partial charge in [0.2, 0.25) is 6.79 Å². The number of hydrazone groups is 1. The molecule has 0 atom stereocenters. The van der Waals surface area contributed by atoms with Gasteiger partial charge < -0.3 is 19.4 Å². The fourth-order valence-electron chi connectivity index (χ4n) is 3.44. The standard InChI is InChI=1S/C23H23BrN4O3/c1-14-4-6-19(10-20(14)24)28-15(2)8-17(16(28)3)11-26-27-23(29)12-25-18-5-7-21-22(9-18)31-13-30-21/h4-11,25H,12-13H2,1-3H3,(H,27,29). The second-order valence-electron chi connectivity index (χ2n) is 7.31. The number of amides is 1. The quantitative estimate of drug-likeness (QED) is 0.401. The zero-order valence-corrected chi connectivity index (χ0v) is 19.1. The summed E-state index contributed by atoms with van der Waals surface area (Å²) in [5.74, 6) is 1.12. The van der Waals surface area contributed by atoms with Crippen LogP contribution in [0, 0.1) is 20.8 Å². The molecule has 0 spiro atoms. The second-order valence-corrected chi connectivity index (χ2v) is 8.16. The van der Waals surface area contributed by atoms with E-state index in [1.165, 1.54) is 5.56 Å². The Morgan fingerprint density at radius 3 is 2.74 bits per heavy atom. The number of nitrogens with zero attached hydrogens (tertiary/aromatic N) is 2. The Kier molecular flexibility index (Phi) is 5.99. The van der Waals surface area contributed by atoms with Crippen molar-refractivity contribution in [2.24, 2.45) is 5.10 Å². The molecule has 0 saturated carbocycles. The van der Waals surface area contributed by atoms with E-state index >= 15 is 0 Å². The minimum absolute atomic E-state index is 0.0907. The molecule has 4 rings (SSSR count). The number of aryl methyl sites for hydroxylation is 2. The maximum absolute atomic E-state index is 12.1. The predicted molar refractivity (Wildman–Crippen MR) is 124 cm³/mol. The van der Waals surface area contributed by atoms with Crippen LogP contribution in [0.2, 0.25) is 0 Å². The summed E-state index contributed by atoms with van der Waals surface area (Å²) in [5.41, 5.74) is 8.67. The molecule has 2 N–H and O–H groups in total. The summed E-state index contributed by atoms with van der Waals surface area (Å²) in [6, 6.07) is 13.8. The normalized spacial score (nSPS) is 12.4. The van der Waals surface area contributed by atoms with Crippen molar-refractivity contribution in [2.45, 2.75) is 20.8 Å². The molecule has 0 aliphatic carbocycles. The van der Waals surface area contributed by atoms with Crippen LogP contribution >= 0.6 is 15.9 Å². The molecule has 8 heteroatoms. The first-order valence-electron chi connectivity index (χ1n) is 9.83. The number of benzene rings is 2. The van der Waals surface area contributed by atoms with Gasteiger partial charge in [-0.1, -0.05) is 22.0 Å². The number of carbonyl (C=O) groups excluding carboxylic acids is 1. The van der Waals surface area contributed by atoms with Gasteiger partial charge in [0.25, 0.3) is 5.91 Å². The van der Waals surface area contributed by atoms with E-state index in [0.29, 0.717) is 11.5 Å². The SMILES string of the molecule is Cc1ccc(-n2c(C)cc(C=NNC(=O)CNc3ccc4c(c3)OCO4)c2C)cc1Br. The van der Waals surface area contributed by atoms with Gasteiger partial charge in [0, 0.05) is 38.9 Å². The zero-order valence-electron chi connectivity index (χ0n) is 17.5. The molecule has 0 fully saturated rings. The van der Waals surface area contributed by atoms with E-state index in [0.717, 1.165) is 32.8 Å². The third kappa shape index (κ3) is 4.59. The van der Waals surface area contributed by atoms with Crippen LogP contribution in [0.15, 0.2) is 52.0 Å². The molecular formula is C23H23BrN4O3. The van der Waals surface area contributed by atoms with E-state index in [1.807, 2.05) is 32.0 Å². The Morgan fingerprint density at radius 1 is 1.13 bits per heavy atom. The number of carbonyl (C=O) groups is 1. The minimum Gasteiger partial charge on any atom is -0.454 e.